The van der Waals surface area contributed by atoms with Crippen LogP contribution in [0.4, 0.5) is 13.2 Å². The van der Waals surface area contributed by atoms with Crippen molar-refractivity contribution in [2.24, 2.45) is 17.4 Å². The molecule has 1 aromatic heterocycles. The van der Waals surface area contributed by atoms with Crippen molar-refractivity contribution in [2.45, 2.75) is 208 Å². The fourth-order valence-corrected chi connectivity index (χ4v) is 17.9. The van der Waals surface area contributed by atoms with Crippen molar-refractivity contribution in [3.05, 3.63) is 203 Å². The van der Waals surface area contributed by atoms with Gasteiger partial charge in [-0.3, -0.25) is 76.7 Å². The number of nitrogens with zero attached hydrogens (tertiary/aromatic N) is 5. The number of unbranched alkanes of at least 4 members (excludes halogenated alkanes) is 2. The summed E-state index contributed by atoms with van der Waals surface area (Å²) < 4.78 is 45.2. The number of hydrogen-bond donors (Lipinski definition) is 17. The van der Waals surface area contributed by atoms with Crippen LogP contribution in [0.2, 0.25) is 0 Å². The van der Waals surface area contributed by atoms with E-state index in [-0.39, 0.29) is 75.8 Å². The van der Waals surface area contributed by atoms with Gasteiger partial charge in [0.1, 0.15) is 90.0 Å². The molecule has 0 unspecified atom stereocenters. The van der Waals surface area contributed by atoms with Crippen LogP contribution in [0.25, 0.3) is 10.9 Å². The lowest BCUT2D eigenvalue weighted by molar-refractivity contribution is -0.152. The predicted molar refractivity (Wildman–Crippen MR) is 502 cm³/mol. The number of benzene rings is 6. The van der Waals surface area contributed by atoms with Crippen molar-refractivity contribution in [1.29, 1.82) is 0 Å². The number of carboxylic acids is 1. The van der Waals surface area contributed by atoms with E-state index in [0.29, 0.717) is 69.0 Å². The molecule has 0 saturated carbocycles. The molecule has 3 aliphatic rings. The number of aliphatic carboxylic acids is 1. The maximum absolute atomic E-state index is 15.8. The third-order valence-electron chi connectivity index (χ3n) is 24.7. The Hall–Kier alpha value is -14.0. The molecule has 15 amide bonds. The average molecular weight is 1950 g/mol. The Morgan fingerprint density at radius 1 is 0.489 bits per heavy atom. The Morgan fingerprint density at radius 2 is 0.964 bits per heavy atom. The molecular weight excluding hydrogens is 1830 g/mol. The number of phenolic OH excluding ortho intramolecular Hbond substituents is 2. The van der Waals surface area contributed by atoms with Crippen LogP contribution in [0.15, 0.2) is 152 Å². The maximum atomic E-state index is 15.8. The van der Waals surface area contributed by atoms with Crippen molar-refractivity contribution < 1.29 is 115 Å². The molecule has 3 saturated heterocycles. The van der Waals surface area contributed by atoms with Gasteiger partial charge in [0.05, 0.1) is 30.9 Å². The summed E-state index contributed by atoms with van der Waals surface area (Å²) in [4.78, 5) is 247. The Bertz CT molecular complexity index is 5530. The summed E-state index contributed by atoms with van der Waals surface area (Å²) in [6, 6.07) is 13.0. The lowest BCUT2D eigenvalue weighted by atomic mass is 9.98. The monoisotopic (exact) mass is 1950 g/mol. The van der Waals surface area contributed by atoms with Gasteiger partial charge in [-0.2, -0.15) is 0 Å². The number of nitrogens with one attached hydrogen (secondary N) is 10. The highest BCUT2D eigenvalue weighted by atomic mass is 32.2. The molecule has 42 heteroatoms. The summed E-state index contributed by atoms with van der Waals surface area (Å²) in [7, 11) is 3.61. The number of H-pyrrole nitrogens is 1. The number of likely N-dealkylation sites (N-methyl/N-ethyl adjacent to an activating group) is 3. The lowest BCUT2D eigenvalue weighted by Gasteiger charge is -2.38. The quantitative estimate of drug-likeness (QED) is 0.0278. The summed E-state index contributed by atoms with van der Waals surface area (Å²) in [6.45, 7) is 2.94. The molecule has 139 heavy (non-hydrogen) atoms. The Morgan fingerprint density at radius 3 is 1.53 bits per heavy atom. The van der Waals surface area contributed by atoms with Gasteiger partial charge in [-0.25, -0.2) is 13.2 Å². The zero-order valence-corrected chi connectivity index (χ0v) is 78.5. The zero-order chi connectivity index (χ0) is 101. The minimum Gasteiger partial charge on any atom is -0.508 e. The molecule has 6 aromatic carbocycles. The number of carboxylic acid groups (broad SMARTS) is 1. The van der Waals surface area contributed by atoms with Crippen LogP contribution in [0.3, 0.4) is 0 Å². The highest BCUT2D eigenvalue weighted by Crippen LogP contribution is 2.30. The van der Waals surface area contributed by atoms with E-state index in [2.05, 4.69) is 52.8 Å². The molecule has 0 bridgehead atoms. The number of hydrogen-bond acceptors (Lipinski definition) is 22. The van der Waals surface area contributed by atoms with Crippen LogP contribution in [0, 0.1) is 23.4 Å². The number of thioether (sulfide) groups is 1. The smallest absolute Gasteiger partial charge is 0.305 e. The first-order chi connectivity index (χ1) is 66.2. The number of amides is 15. The van der Waals surface area contributed by atoms with Crippen molar-refractivity contribution in [3.63, 3.8) is 0 Å². The molecular formula is C97H120F3N17O21S. The Balaban J connectivity index is 1.07. The number of primary amides is 1. The van der Waals surface area contributed by atoms with E-state index in [0.717, 1.165) is 31.5 Å². The van der Waals surface area contributed by atoms with Crippen molar-refractivity contribution in [2.75, 3.05) is 58.8 Å². The van der Waals surface area contributed by atoms with Gasteiger partial charge in [0, 0.05) is 108 Å². The predicted octanol–water partition coefficient (Wildman–Crippen LogP) is 0.834. The number of para-hydroxylation sites is 1. The number of aromatic hydroxyl groups is 2. The number of carbonyl (C=O) groups excluding carboxylic acids is 15. The second-order valence-corrected chi connectivity index (χ2v) is 36.4. The van der Waals surface area contributed by atoms with Gasteiger partial charge in [0.25, 0.3) is 0 Å². The first-order valence-corrected chi connectivity index (χ1v) is 46.9. The molecule has 0 radical (unpaired) electrons. The first-order valence-electron chi connectivity index (χ1n) is 45.8. The fourth-order valence-electron chi connectivity index (χ4n) is 17.1. The largest absolute Gasteiger partial charge is 0.508 e. The SMILES string of the molecule is CCCC[C@H]1C(=O)N2C[C@H](O)C[C@@H]2C(=O)N[C@@H](CC(=O)O)C(=O)N[C@@H](C(C)C)C(=O)N(C)[C@@H](Cc2ccccc2)C(=O)N[C@@H](Cc2ccc(O)cc2)C(=O)N2C[C@H](O)C[C@@H]2C(=O)N[C@@H](Cc2c[nH]c3ccccc23)C(=O)N[C@@H](Cc2ccc(O)cc2)C(=O)N[C@@H](CCCCN)C(=O)N[C@H](C(=O)NCC(N)=O)CSCC(=O)N[C@@H](Cc2cc(F)c(F)c(F)c2)C(=O)N(C)[C@@H](Cc2ccccc2)C(=O)N1C. The van der Waals surface area contributed by atoms with Crippen molar-refractivity contribution in [3.8, 4) is 11.5 Å². The van der Waals surface area contributed by atoms with E-state index in [4.69, 9.17) is 11.5 Å². The van der Waals surface area contributed by atoms with E-state index in [1.54, 1.807) is 98.0 Å². The molecule has 19 N–H and O–H groups in total. The third-order valence-corrected chi connectivity index (χ3v) is 25.7. The van der Waals surface area contributed by atoms with E-state index >= 15 is 56.7 Å². The summed E-state index contributed by atoms with van der Waals surface area (Å²) in [6.07, 6.45) is -5.44. The molecule has 38 nitrogen and oxygen atoms in total. The number of rotatable bonds is 25. The standard InChI is InChI=1S/C97H120F3N17O21S/c1-7-8-26-75-96(137)117-50-63(121)45-78(117)92(133)109-71(46-82(124)125)89(130)112-84(53(2)3)97(138)114(5)76(41-54-19-11-9-12-20-54)90(131)110-73(39-57-29-33-61(119)34-30-57)94(135)116-49-62(120)44-77(116)91(132)108-70(43-59-47-103-67-24-16-15-23-64(59)67)88(129)107-69(38-56-27-31-60(118)32-28-56)87(128)106-68(25-17-18-35-101)86(127)111-74(85(126)104-48-80(102)122)51-139-52-81(123)105-72(40-58-36-65(98)83(100)66(99)37-58)93(134)115(6)79(95(136)113(75)4)42-55-21-13-10-14-22-55/h9-16,19-24,27-34,36-37,47,53,62-63,68-79,84,103,118-121H,7-8,17-18,25-26,35,38-46,48-52,101H2,1-6H3,(H2,102,122)(H,104,126)(H,105,123)(H,106,128)(H,107,129)(H,108,132)(H,109,133)(H,110,131)(H,111,127)(H,112,130)(H,124,125)/t62-,63-,68+,69+,70+,71+,72+,73+,74+,75+,76+,77-,78-,79+,84+/m1/s1. The number of carbonyl (C=O) groups is 16. The molecule has 4 heterocycles. The number of aromatic nitrogens is 1. The van der Waals surface area contributed by atoms with Crippen LogP contribution in [0.1, 0.15) is 112 Å². The minimum atomic E-state index is -2.06. The van der Waals surface area contributed by atoms with Gasteiger partial charge >= 0.3 is 5.97 Å². The van der Waals surface area contributed by atoms with Gasteiger partial charge in [0.15, 0.2) is 17.5 Å². The summed E-state index contributed by atoms with van der Waals surface area (Å²) in [5.41, 5.74) is 13.6. The Labute approximate surface area is 804 Å². The number of aromatic amines is 1. The molecule has 0 aliphatic carbocycles. The van der Waals surface area contributed by atoms with Crippen LogP contribution in [0.5, 0.6) is 11.5 Å². The normalized spacial score (nSPS) is 24.1. The maximum Gasteiger partial charge on any atom is 0.305 e. The Kier molecular flexibility index (Phi) is 38.8. The molecule has 3 fully saturated rings. The number of nitrogens with two attached hydrogens (primary N) is 2. The fraction of sp³-hybridized carbons (Fsp3) is 0.443. The van der Waals surface area contributed by atoms with Gasteiger partial charge in [0.2, 0.25) is 88.6 Å². The van der Waals surface area contributed by atoms with Crippen LogP contribution in [-0.2, 0) is 115 Å². The summed E-state index contributed by atoms with van der Waals surface area (Å²) >= 11 is 0.641. The van der Waals surface area contributed by atoms with E-state index in [9.17, 15) is 58.7 Å². The summed E-state index contributed by atoms with van der Waals surface area (Å²) in [5.74, 6) is -25.3. The second-order valence-electron chi connectivity index (χ2n) is 35.4. The lowest BCUT2D eigenvalue weighted by Crippen LogP contribution is -2.62. The van der Waals surface area contributed by atoms with Gasteiger partial charge in [-0.05, 0) is 114 Å². The molecule has 7 aromatic rings. The number of halogens is 3. The molecule has 0 spiro atoms. The molecule has 3 aliphatic heterocycles. The highest BCUT2D eigenvalue weighted by molar-refractivity contribution is 8.00. The topological polar surface area (TPSA) is 567 Å². The number of fused-ring (bicyclic) bond motifs is 3. The van der Waals surface area contributed by atoms with E-state index < -0.39 is 278 Å². The van der Waals surface area contributed by atoms with Crippen molar-refractivity contribution >= 4 is 117 Å². The van der Waals surface area contributed by atoms with Gasteiger partial charge in [-0.1, -0.05) is 137 Å². The minimum absolute atomic E-state index is 0.0771. The second kappa shape index (κ2) is 50.4. The molecule has 10 rings (SSSR count). The first kappa shape index (κ1) is 107. The van der Waals surface area contributed by atoms with Crippen LogP contribution >= 0.6 is 11.8 Å². The number of aliphatic hydroxyl groups is 2. The molecule has 746 valence electrons. The van der Waals surface area contributed by atoms with Crippen LogP contribution in [-0.4, -0.2) is 299 Å². The van der Waals surface area contributed by atoms with E-state index in [1.807, 2.05) is 0 Å². The number of phenols is 2. The number of aliphatic hydroxyl groups excluding tert-OH is 2. The average Bonchev–Trinajstić information content (AvgIpc) is 1.71. The zero-order valence-electron chi connectivity index (χ0n) is 77.7. The highest BCUT2D eigenvalue weighted by Gasteiger charge is 2.49. The van der Waals surface area contributed by atoms with Gasteiger partial charge in [-0.15, -0.1) is 11.8 Å². The summed E-state index contributed by atoms with van der Waals surface area (Å²) in [5, 5.41) is 78.4. The van der Waals surface area contributed by atoms with Crippen molar-refractivity contribution in [1.82, 2.24) is 77.3 Å². The molecule has 15 atom stereocenters. The third kappa shape index (κ3) is 29.5. The van der Waals surface area contributed by atoms with Crippen LogP contribution < -0.4 is 59.3 Å². The van der Waals surface area contributed by atoms with E-state index in [1.165, 1.54) is 76.5 Å². The van der Waals surface area contributed by atoms with Gasteiger partial charge < -0.3 is 114 Å².